The lowest BCUT2D eigenvalue weighted by atomic mass is 10.1. The van der Waals surface area contributed by atoms with E-state index in [2.05, 4.69) is 0 Å². The van der Waals surface area contributed by atoms with E-state index in [0.717, 1.165) is 11.1 Å². The third-order valence-corrected chi connectivity index (χ3v) is 5.59. The fourth-order valence-corrected chi connectivity index (χ4v) is 3.81. The molecule has 4 aromatic rings. The first kappa shape index (κ1) is 21.4. The Balaban J connectivity index is 1.77. The van der Waals surface area contributed by atoms with E-state index >= 15 is 0 Å². The molecule has 5 nitrogen and oxygen atoms in total. The topological polar surface area (TPSA) is 61.1 Å². The van der Waals surface area contributed by atoms with Crippen molar-refractivity contribution in [3.05, 3.63) is 116 Å². The number of Topliss-reactive ketones (excluding diaryl/α,β-unsaturated/α-hetero) is 1. The molecule has 0 bridgehead atoms. The quantitative estimate of drug-likeness (QED) is 0.413. The SMILES string of the molecule is CCC(=O)c1ccc(Cn2c(=O)n(CCc3ccccc3)c(=O)c3cc(F)ccc32)cc1. The van der Waals surface area contributed by atoms with Crippen molar-refractivity contribution in [3.63, 3.8) is 0 Å². The van der Waals surface area contributed by atoms with Gasteiger partial charge in [0.1, 0.15) is 5.82 Å². The van der Waals surface area contributed by atoms with Crippen molar-refractivity contribution in [2.24, 2.45) is 0 Å². The first-order valence-corrected chi connectivity index (χ1v) is 10.6. The molecule has 0 aliphatic carbocycles. The molecule has 0 unspecified atom stereocenters. The van der Waals surface area contributed by atoms with Crippen LogP contribution in [0.1, 0.15) is 34.8 Å². The van der Waals surface area contributed by atoms with Crippen molar-refractivity contribution in [2.75, 3.05) is 0 Å². The van der Waals surface area contributed by atoms with Gasteiger partial charge in [-0.2, -0.15) is 0 Å². The van der Waals surface area contributed by atoms with E-state index in [4.69, 9.17) is 0 Å². The highest BCUT2D eigenvalue weighted by Gasteiger charge is 2.15. The first-order valence-electron chi connectivity index (χ1n) is 10.6. The van der Waals surface area contributed by atoms with E-state index in [1.165, 1.54) is 27.3 Å². The molecule has 32 heavy (non-hydrogen) atoms. The van der Waals surface area contributed by atoms with E-state index in [-0.39, 0.29) is 24.3 Å². The largest absolute Gasteiger partial charge is 0.331 e. The number of halogens is 1. The van der Waals surface area contributed by atoms with Gasteiger partial charge in [-0.05, 0) is 35.7 Å². The molecule has 6 heteroatoms. The molecule has 0 radical (unpaired) electrons. The molecule has 162 valence electrons. The first-order chi connectivity index (χ1) is 15.5. The van der Waals surface area contributed by atoms with Crippen molar-refractivity contribution in [2.45, 2.75) is 32.9 Å². The molecule has 3 aromatic carbocycles. The molecule has 0 spiro atoms. The average Bonchev–Trinajstić information content (AvgIpc) is 2.82. The van der Waals surface area contributed by atoms with Gasteiger partial charge in [0.05, 0.1) is 17.4 Å². The van der Waals surface area contributed by atoms with Gasteiger partial charge in [-0.3, -0.25) is 18.7 Å². The number of carbonyl (C=O) groups excluding carboxylic acids is 1. The fraction of sp³-hybridized carbons (Fsp3) is 0.192. The number of aromatic nitrogens is 2. The van der Waals surface area contributed by atoms with E-state index in [1.807, 2.05) is 30.3 Å². The fourth-order valence-electron chi connectivity index (χ4n) is 3.81. The van der Waals surface area contributed by atoms with Crippen LogP contribution >= 0.6 is 0 Å². The number of aryl methyl sites for hydroxylation is 1. The molecule has 1 heterocycles. The summed E-state index contributed by atoms with van der Waals surface area (Å²) in [7, 11) is 0. The van der Waals surface area contributed by atoms with E-state index in [9.17, 15) is 18.8 Å². The Morgan fingerprint density at radius 1 is 0.875 bits per heavy atom. The zero-order valence-corrected chi connectivity index (χ0v) is 17.8. The number of carbonyl (C=O) groups is 1. The number of nitrogens with zero attached hydrogens (tertiary/aromatic N) is 2. The van der Waals surface area contributed by atoms with E-state index in [0.29, 0.717) is 23.9 Å². The Labute approximate surface area is 184 Å². The molecule has 0 fully saturated rings. The zero-order chi connectivity index (χ0) is 22.7. The second-order valence-electron chi connectivity index (χ2n) is 7.70. The van der Waals surface area contributed by atoms with Crippen molar-refractivity contribution < 1.29 is 9.18 Å². The molecule has 0 saturated carbocycles. The summed E-state index contributed by atoms with van der Waals surface area (Å²) < 4.78 is 16.6. The van der Waals surface area contributed by atoms with Gasteiger partial charge in [-0.25, -0.2) is 9.18 Å². The summed E-state index contributed by atoms with van der Waals surface area (Å²) in [5.74, 6) is -0.485. The van der Waals surface area contributed by atoms with Crippen molar-refractivity contribution >= 4 is 16.7 Å². The Hall–Kier alpha value is -3.80. The monoisotopic (exact) mass is 430 g/mol. The van der Waals surface area contributed by atoms with Crippen LogP contribution in [0.4, 0.5) is 4.39 Å². The number of ketones is 1. The highest BCUT2D eigenvalue weighted by molar-refractivity contribution is 5.95. The summed E-state index contributed by atoms with van der Waals surface area (Å²) in [6.07, 6.45) is 0.923. The second kappa shape index (κ2) is 9.14. The molecular formula is C26H23FN2O3. The van der Waals surface area contributed by atoms with Gasteiger partial charge in [-0.15, -0.1) is 0 Å². The maximum absolute atomic E-state index is 13.9. The Morgan fingerprint density at radius 2 is 1.59 bits per heavy atom. The predicted molar refractivity (Wildman–Crippen MR) is 123 cm³/mol. The molecule has 0 atom stereocenters. The number of benzene rings is 3. The van der Waals surface area contributed by atoms with E-state index < -0.39 is 17.1 Å². The van der Waals surface area contributed by atoms with Crippen LogP contribution in [0.3, 0.4) is 0 Å². The third kappa shape index (κ3) is 4.30. The third-order valence-electron chi connectivity index (χ3n) is 5.59. The summed E-state index contributed by atoms with van der Waals surface area (Å²) in [5, 5.41) is 0.162. The van der Waals surface area contributed by atoms with E-state index in [1.54, 1.807) is 31.2 Å². The minimum Gasteiger partial charge on any atom is -0.294 e. The molecular weight excluding hydrogens is 407 g/mol. The van der Waals surface area contributed by atoms with Gasteiger partial charge in [0.15, 0.2) is 5.78 Å². The number of fused-ring (bicyclic) bond motifs is 1. The van der Waals surface area contributed by atoms with Crippen molar-refractivity contribution in [3.8, 4) is 0 Å². The molecule has 0 amide bonds. The van der Waals surface area contributed by atoms with Crippen LogP contribution in [0, 0.1) is 5.82 Å². The van der Waals surface area contributed by atoms with Gasteiger partial charge in [0, 0.05) is 18.5 Å². The predicted octanol–water partition coefficient (Wildman–Crippen LogP) is 4.19. The van der Waals surface area contributed by atoms with Crippen LogP contribution in [0.5, 0.6) is 0 Å². The minimum atomic E-state index is -0.531. The van der Waals surface area contributed by atoms with Gasteiger partial charge >= 0.3 is 5.69 Å². The number of hydrogen-bond acceptors (Lipinski definition) is 3. The standard InChI is InChI=1S/C26H23FN2O3/c1-2-24(30)20-10-8-19(9-11-20)17-29-23-13-12-21(27)16-22(23)25(31)28(26(29)32)15-14-18-6-4-3-5-7-18/h3-13,16H,2,14-15,17H2,1H3. The highest BCUT2D eigenvalue weighted by Crippen LogP contribution is 2.14. The Morgan fingerprint density at radius 3 is 2.28 bits per heavy atom. The number of rotatable bonds is 7. The lowest BCUT2D eigenvalue weighted by molar-refractivity contribution is 0.0988. The van der Waals surface area contributed by atoms with Gasteiger partial charge < -0.3 is 0 Å². The Bertz CT molecular complexity index is 1390. The smallest absolute Gasteiger partial charge is 0.294 e. The minimum absolute atomic E-state index is 0.0455. The number of hydrogen-bond donors (Lipinski definition) is 0. The molecule has 1 aromatic heterocycles. The lowest BCUT2D eigenvalue weighted by Gasteiger charge is -2.15. The van der Waals surface area contributed by atoms with Crippen LogP contribution < -0.4 is 11.2 Å². The molecule has 0 saturated heterocycles. The van der Waals surface area contributed by atoms with Crippen LogP contribution in [-0.2, 0) is 19.5 Å². The summed E-state index contributed by atoms with van der Waals surface area (Å²) in [6, 6.07) is 20.5. The van der Waals surface area contributed by atoms with Crippen molar-refractivity contribution in [1.82, 2.24) is 9.13 Å². The highest BCUT2D eigenvalue weighted by atomic mass is 19.1. The maximum atomic E-state index is 13.9. The summed E-state index contributed by atoms with van der Waals surface area (Å²) >= 11 is 0. The maximum Gasteiger partial charge on any atom is 0.331 e. The van der Waals surface area contributed by atoms with Gasteiger partial charge in [-0.1, -0.05) is 61.5 Å². The van der Waals surface area contributed by atoms with Gasteiger partial charge in [0.25, 0.3) is 5.56 Å². The Kier molecular flexibility index (Phi) is 6.12. The second-order valence-corrected chi connectivity index (χ2v) is 7.70. The zero-order valence-electron chi connectivity index (χ0n) is 17.8. The average molecular weight is 430 g/mol. The van der Waals surface area contributed by atoms with Crippen molar-refractivity contribution in [1.29, 1.82) is 0 Å². The summed E-state index contributed by atoms with van der Waals surface area (Å²) in [5.41, 5.74) is 1.85. The molecule has 0 aliphatic rings. The van der Waals surface area contributed by atoms with Crippen LogP contribution in [0.15, 0.2) is 82.4 Å². The molecule has 4 rings (SSSR count). The van der Waals surface area contributed by atoms with Gasteiger partial charge in [0.2, 0.25) is 0 Å². The van der Waals surface area contributed by atoms with Crippen LogP contribution in [0.25, 0.3) is 10.9 Å². The summed E-state index contributed by atoms with van der Waals surface area (Å²) in [6.45, 7) is 2.20. The van der Waals surface area contributed by atoms with Crippen LogP contribution in [0.2, 0.25) is 0 Å². The van der Waals surface area contributed by atoms with Crippen LogP contribution in [-0.4, -0.2) is 14.9 Å². The molecule has 0 N–H and O–H groups in total. The summed E-state index contributed by atoms with van der Waals surface area (Å²) in [4.78, 5) is 38.2. The normalized spacial score (nSPS) is 11.1. The molecule has 0 aliphatic heterocycles. The lowest BCUT2D eigenvalue weighted by Crippen LogP contribution is -2.40.